The highest BCUT2D eigenvalue weighted by Gasteiger charge is 2.44. The van der Waals surface area contributed by atoms with E-state index in [1.165, 1.54) is 47.1 Å². The number of nitriles is 1. The van der Waals surface area contributed by atoms with Gasteiger partial charge in [0.05, 0.1) is 11.6 Å². The summed E-state index contributed by atoms with van der Waals surface area (Å²) in [6.45, 7) is 0. The Balaban J connectivity index is 1.24. The maximum atomic E-state index is 9.76. The number of fused-ring (bicyclic) bond motifs is 5. The fourth-order valence-electron chi connectivity index (χ4n) is 7.30. The third-order valence-corrected chi connectivity index (χ3v) is 9.37. The molecule has 2 aliphatic carbocycles. The van der Waals surface area contributed by atoms with E-state index in [4.69, 9.17) is 15.0 Å². The molecule has 5 aromatic carbocycles. The lowest BCUT2D eigenvalue weighted by molar-refractivity contribution is 0.353. The molecule has 0 saturated heterocycles. The zero-order valence-electron chi connectivity index (χ0n) is 24.4. The van der Waals surface area contributed by atoms with Crippen molar-refractivity contribution in [2.45, 2.75) is 37.5 Å². The zero-order chi connectivity index (χ0) is 29.5. The molecule has 4 nitrogen and oxygen atoms in total. The van der Waals surface area contributed by atoms with Crippen LogP contribution in [-0.4, -0.2) is 15.0 Å². The zero-order valence-corrected chi connectivity index (χ0v) is 24.4. The van der Waals surface area contributed by atoms with Crippen molar-refractivity contribution in [3.05, 3.63) is 138 Å². The number of rotatable bonds is 4. The maximum Gasteiger partial charge on any atom is 0.164 e. The second-order valence-electron chi connectivity index (χ2n) is 11.9. The molecule has 0 atom stereocenters. The minimum absolute atomic E-state index is 0.0411. The molecule has 0 unspecified atom stereocenters. The minimum Gasteiger partial charge on any atom is -0.208 e. The van der Waals surface area contributed by atoms with Crippen molar-refractivity contribution in [1.29, 1.82) is 5.26 Å². The summed E-state index contributed by atoms with van der Waals surface area (Å²) >= 11 is 0. The highest BCUT2D eigenvalue weighted by Crippen LogP contribution is 2.58. The molecule has 4 heteroatoms. The van der Waals surface area contributed by atoms with Gasteiger partial charge in [-0.3, -0.25) is 0 Å². The van der Waals surface area contributed by atoms with Crippen LogP contribution >= 0.6 is 0 Å². The predicted octanol–water partition coefficient (Wildman–Crippen LogP) is 9.64. The van der Waals surface area contributed by atoms with Crippen molar-refractivity contribution in [2.24, 2.45) is 0 Å². The largest absolute Gasteiger partial charge is 0.208 e. The molecule has 2 aliphatic rings. The molecule has 0 amide bonds. The van der Waals surface area contributed by atoms with Crippen molar-refractivity contribution in [3.8, 4) is 62.5 Å². The summed E-state index contributed by atoms with van der Waals surface area (Å²) in [6, 6.07) is 44.2. The van der Waals surface area contributed by atoms with Gasteiger partial charge in [0.2, 0.25) is 0 Å². The SMILES string of the molecule is N#Cc1ccc2c(c1)-c1c(-c3ccc(-c4nc(-c5ccccc5)nc(-c5ccccc5)n4)cc3)cccc1C21CCCCC1. The molecule has 8 rings (SSSR count). The molecule has 0 bridgehead atoms. The van der Waals surface area contributed by atoms with Crippen LogP contribution in [0.4, 0.5) is 0 Å². The Bertz CT molecular complexity index is 1980. The molecule has 1 heterocycles. The van der Waals surface area contributed by atoms with Gasteiger partial charge in [-0.15, -0.1) is 0 Å². The molecular formula is C40H30N4. The van der Waals surface area contributed by atoms with Gasteiger partial charge in [0.1, 0.15) is 0 Å². The Morgan fingerprint density at radius 1 is 0.500 bits per heavy atom. The first-order chi connectivity index (χ1) is 21.7. The van der Waals surface area contributed by atoms with Crippen LogP contribution in [0.25, 0.3) is 56.4 Å². The summed E-state index contributed by atoms with van der Waals surface area (Å²) in [5.74, 6) is 1.96. The lowest BCUT2D eigenvalue weighted by Crippen LogP contribution is -2.28. The van der Waals surface area contributed by atoms with Gasteiger partial charge in [-0.2, -0.15) is 5.26 Å². The number of hydrogen-bond donors (Lipinski definition) is 0. The molecule has 1 saturated carbocycles. The van der Waals surface area contributed by atoms with Gasteiger partial charge in [0, 0.05) is 22.1 Å². The van der Waals surface area contributed by atoms with Gasteiger partial charge in [-0.1, -0.05) is 128 Å². The standard InChI is InChI=1S/C40H30N4/c41-26-27-17-22-34-33(25-27)36-32(15-10-16-35(36)40(34)23-8-3-9-24-40)28-18-20-31(21-19-28)39-43-37(29-11-4-1-5-12-29)42-38(44-39)30-13-6-2-7-14-30/h1-2,4-7,10-22,25H,3,8-9,23-24H2. The summed E-state index contributed by atoms with van der Waals surface area (Å²) in [5.41, 5.74) is 11.3. The quantitative estimate of drug-likeness (QED) is 0.213. The van der Waals surface area contributed by atoms with Crippen molar-refractivity contribution in [1.82, 2.24) is 15.0 Å². The van der Waals surface area contributed by atoms with Crippen LogP contribution < -0.4 is 0 Å². The van der Waals surface area contributed by atoms with Crippen LogP contribution in [-0.2, 0) is 5.41 Å². The van der Waals surface area contributed by atoms with Crippen LogP contribution in [0, 0.1) is 11.3 Å². The van der Waals surface area contributed by atoms with Crippen LogP contribution in [0.2, 0.25) is 0 Å². The number of aromatic nitrogens is 3. The van der Waals surface area contributed by atoms with E-state index in [-0.39, 0.29) is 5.41 Å². The van der Waals surface area contributed by atoms with Gasteiger partial charge >= 0.3 is 0 Å². The molecule has 0 N–H and O–H groups in total. The average molecular weight is 567 g/mol. The van der Waals surface area contributed by atoms with E-state index in [1.54, 1.807) is 0 Å². The maximum absolute atomic E-state index is 9.76. The normalized spacial score (nSPS) is 14.5. The second kappa shape index (κ2) is 10.7. The van der Waals surface area contributed by atoms with Gasteiger partial charge in [-0.05, 0) is 58.4 Å². The molecular weight excluding hydrogens is 536 g/mol. The van der Waals surface area contributed by atoms with Crippen molar-refractivity contribution in [2.75, 3.05) is 0 Å². The number of hydrogen-bond acceptors (Lipinski definition) is 4. The van der Waals surface area contributed by atoms with E-state index in [0.29, 0.717) is 23.0 Å². The first kappa shape index (κ1) is 26.2. The molecule has 0 radical (unpaired) electrons. The third kappa shape index (κ3) is 4.32. The minimum atomic E-state index is 0.0411. The van der Waals surface area contributed by atoms with Gasteiger partial charge < -0.3 is 0 Å². The van der Waals surface area contributed by atoms with E-state index in [1.807, 2.05) is 66.7 Å². The van der Waals surface area contributed by atoms with Gasteiger partial charge in [-0.25, -0.2) is 15.0 Å². The Morgan fingerprint density at radius 3 is 1.66 bits per heavy atom. The fraction of sp³-hybridized carbons (Fsp3) is 0.150. The average Bonchev–Trinajstić information content (AvgIpc) is 3.37. The Morgan fingerprint density at radius 2 is 1.07 bits per heavy atom. The molecule has 0 aliphatic heterocycles. The lowest BCUT2D eigenvalue weighted by Gasteiger charge is -2.36. The molecule has 6 aromatic rings. The first-order valence-corrected chi connectivity index (χ1v) is 15.4. The first-order valence-electron chi connectivity index (χ1n) is 15.4. The van der Waals surface area contributed by atoms with E-state index in [2.05, 4.69) is 60.7 Å². The van der Waals surface area contributed by atoms with Crippen LogP contribution in [0.15, 0.2) is 121 Å². The van der Waals surface area contributed by atoms with Crippen LogP contribution in [0.5, 0.6) is 0 Å². The molecule has 1 fully saturated rings. The van der Waals surface area contributed by atoms with E-state index < -0.39 is 0 Å². The van der Waals surface area contributed by atoms with Crippen molar-refractivity contribution in [3.63, 3.8) is 0 Å². The highest BCUT2D eigenvalue weighted by molar-refractivity contribution is 5.93. The summed E-state index contributed by atoms with van der Waals surface area (Å²) in [6.07, 6.45) is 6.08. The Hall–Kier alpha value is -5.40. The highest BCUT2D eigenvalue weighted by atomic mass is 15.0. The van der Waals surface area contributed by atoms with Crippen molar-refractivity contribution >= 4 is 0 Å². The Kier molecular flexibility index (Phi) is 6.38. The van der Waals surface area contributed by atoms with Crippen LogP contribution in [0.1, 0.15) is 48.8 Å². The van der Waals surface area contributed by atoms with E-state index in [0.717, 1.165) is 35.1 Å². The smallest absolute Gasteiger partial charge is 0.164 e. The summed E-state index contributed by atoms with van der Waals surface area (Å²) in [4.78, 5) is 14.7. The van der Waals surface area contributed by atoms with Gasteiger partial charge in [0.15, 0.2) is 17.5 Å². The fourth-order valence-corrected chi connectivity index (χ4v) is 7.30. The predicted molar refractivity (Wildman–Crippen MR) is 176 cm³/mol. The number of benzene rings is 5. The molecule has 1 aromatic heterocycles. The van der Waals surface area contributed by atoms with E-state index >= 15 is 0 Å². The summed E-state index contributed by atoms with van der Waals surface area (Å²) < 4.78 is 0. The molecule has 1 spiro atoms. The lowest BCUT2D eigenvalue weighted by atomic mass is 9.67. The summed E-state index contributed by atoms with van der Waals surface area (Å²) in [7, 11) is 0. The monoisotopic (exact) mass is 566 g/mol. The van der Waals surface area contributed by atoms with Crippen LogP contribution in [0.3, 0.4) is 0 Å². The van der Waals surface area contributed by atoms with Gasteiger partial charge in [0.25, 0.3) is 0 Å². The Labute approximate surface area is 257 Å². The third-order valence-electron chi connectivity index (χ3n) is 9.37. The molecule has 210 valence electrons. The topological polar surface area (TPSA) is 62.5 Å². The number of nitrogens with zero attached hydrogens (tertiary/aromatic N) is 4. The van der Waals surface area contributed by atoms with Crippen molar-refractivity contribution < 1.29 is 0 Å². The second-order valence-corrected chi connectivity index (χ2v) is 11.9. The van der Waals surface area contributed by atoms with E-state index in [9.17, 15) is 5.26 Å². The summed E-state index contributed by atoms with van der Waals surface area (Å²) in [5, 5.41) is 9.76. The molecule has 44 heavy (non-hydrogen) atoms.